The number of likely N-dealkylation sites (tertiary alicyclic amines) is 1. The standard InChI is InChI=1S/C18H28N6.2ClH.H2O/c1-14-7-4-5-11-23(14)12-6-10-19-17-15-8-2-3-9-16(15)18-21-20-13-24(18)22-17;;;/h13-14H,2-12H2,1H3,(H,19,22);2*1H;1H2. The van der Waals surface area contributed by atoms with Crippen molar-refractivity contribution in [3.05, 3.63) is 17.5 Å². The highest BCUT2D eigenvalue weighted by atomic mass is 35.5. The van der Waals surface area contributed by atoms with E-state index in [0.717, 1.165) is 36.9 Å². The Kier molecular flexibility index (Phi) is 9.73. The molecular formula is C18H32Cl2N6O. The van der Waals surface area contributed by atoms with Crippen LogP contribution in [0.15, 0.2) is 6.33 Å². The average molecular weight is 419 g/mol. The Labute approximate surface area is 173 Å². The lowest BCUT2D eigenvalue weighted by Crippen LogP contribution is -2.38. The van der Waals surface area contributed by atoms with Crippen molar-refractivity contribution in [2.45, 2.75) is 64.3 Å². The van der Waals surface area contributed by atoms with Crippen LogP contribution < -0.4 is 5.32 Å². The summed E-state index contributed by atoms with van der Waals surface area (Å²) >= 11 is 0. The highest BCUT2D eigenvalue weighted by Gasteiger charge is 2.20. The number of piperidine rings is 1. The molecule has 1 aliphatic carbocycles. The molecule has 3 N–H and O–H groups in total. The number of rotatable bonds is 5. The van der Waals surface area contributed by atoms with Gasteiger partial charge in [0.15, 0.2) is 11.5 Å². The molecule has 0 amide bonds. The molecule has 2 aromatic heterocycles. The molecule has 1 unspecified atom stereocenters. The van der Waals surface area contributed by atoms with Crippen LogP contribution in [0.25, 0.3) is 5.65 Å². The normalized spacial score (nSPS) is 19.4. The first kappa shape index (κ1) is 23.9. The number of halogens is 2. The van der Waals surface area contributed by atoms with E-state index in [1.165, 1.54) is 62.7 Å². The van der Waals surface area contributed by atoms with Gasteiger partial charge in [0, 0.05) is 30.3 Å². The van der Waals surface area contributed by atoms with Crippen molar-refractivity contribution >= 4 is 36.3 Å². The molecule has 0 radical (unpaired) electrons. The van der Waals surface area contributed by atoms with Crippen LogP contribution in [0.5, 0.6) is 0 Å². The van der Waals surface area contributed by atoms with Gasteiger partial charge >= 0.3 is 0 Å². The number of aryl methyl sites for hydroxylation is 1. The number of anilines is 1. The van der Waals surface area contributed by atoms with E-state index in [-0.39, 0.29) is 30.3 Å². The van der Waals surface area contributed by atoms with E-state index in [1.54, 1.807) is 6.33 Å². The average Bonchev–Trinajstić information content (AvgIpc) is 3.09. The third-order valence-corrected chi connectivity index (χ3v) is 5.62. The minimum atomic E-state index is 0. The summed E-state index contributed by atoms with van der Waals surface area (Å²) < 4.78 is 1.83. The SMILES string of the molecule is CC1CCCCN1CCCNc1nn2cnnc2c2c1CCCC2.Cl.Cl.O. The van der Waals surface area contributed by atoms with E-state index < -0.39 is 0 Å². The molecule has 0 bridgehead atoms. The molecule has 9 heteroatoms. The molecule has 1 saturated heterocycles. The van der Waals surface area contributed by atoms with Crippen molar-refractivity contribution in [1.29, 1.82) is 0 Å². The molecule has 1 atom stereocenters. The van der Waals surface area contributed by atoms with Gasteiger partial charge in [0.05, 0.1) is 0 Å². The molecule has 27 heavy (non-hydrogen) atoms. The Morgan fingerprint density at radius 1 is 1.11 bits per heavy atom. The van der Waals surface area contributed by atoms with Gasteiger partial charge in [0.25, 0.3) is 0 Å². The molecule has 2 aliphatic rings. The van der Waals surface area contributed by atoms with Crippen molar-refractivity contribution < 1.29 is 5.48 Å². The van der Waals surface area contributed by atoms with E-state index in [0.29, 0.717) is 0 Å². The van der Waals surface area contributed by atoms with Crippen molar-refractivity contribution in [3.63, 3.8) is 0 Å². The van der Waals surface area contributed by atoms with Crippen LogP contribution in [-0.4, -0.2) is 55.9 Å². The number of nitrogens with one attached hydrogen (secondary N) is 1. The van der Waals surface area contributed by atoms with Crippen LogP contribution in [-0.2, 0) is 12.8 Å². The van der Waals surface area contributed by atoms with Crippen molar-refractivity contribution in [1.82, 2.24) is 24.7 Å². The van der Waals surface area contributed by atoms with Crippen molar-refractivity contribution in [2.24, 2.45) is 0 Å². The Morgan fingerprint density at radius 3 is 2.67 bits per heavy atom. The molecule has 4 rings (SSSR count). The summed E-state index contributed by atoms with van der Waals surface area (Å²) in [4.78, 5) is 2.64. The summed E-state index contributed by atoms with van der Waals surface area (Å²) in [5, 5.41) is 16.6. The molecule has 3 heterocycles. The van der Waals surface area contributed by atoms with E-state index in [9.17, 15) is 0 Å². The van der Waals surface area contributed by atoms with E-state index >= 15 is 0 Å². The Bertz CT molecular complexity index is 710. The highest BCUT2D eigenvalue weighted by Crippen LogP contribution is 2.28. The topological polar surface area (TPSA) is 89.8 Å². The van der Waals surface area contributed by atoms with Crippen LogP contribution in [0.1, 0.15) is 56.6 Å². The fourth-order valence-electron chi connectivity index (χ4n) is 4.20. The van der Waals surface area contributed by atoms with E-state index in [1.807, 2.05) is 4.52 Å². The molecule has 7 nitrogen and oxygen atoms in total. The maximum Gasteiger partial charge on any atom is 0.181 e. The largest absolute Gasteiger partial charge is 0.412 e. The number of aromatic nitrogens is 4. The minimum absolute atomic E-state index is 0. The first-order valence-corrected chi connectivity index (χ1v) is 9.52. The summed E-state index contributed by atoms with van der Waals surface area (Å²) in [6.07, 6.45) is 11.7. The molecule has 1 fully saturated rings. The third kappa shape index (κ3) is 5.22. The van der Waals surface area contributed by atoms with Gasteiger partial charge in [-0.1, -0.05) is 6.42 Å². The maximum atomic E-state index is 4.71. The lowest BCUT2D eigenvalue weighted by molar-refractivity contribution is 0.160. The molecule has 0 saturated carbocycles. The zero-order chi connectivity index (χ0) is 16.4. The Morgan fingerprint density at radius 2 is 1.89 bits per heavy atom. The quantitative estimate of drug-likeness (QED) is 0.753. The second-order valence-corrected chi connectivity index (χ2v) is 7.27. The summed E-state index contributed by atoms with van der Waals surface area (Å²) in [5.41, 5.74) is 3.66. The molecular weight excluding hydrogens is 387 g/mol. The van der Waals surface area contributed by atoms with Gasteiger partial charge in [-0.2, -0.15) is 4.52 Å². The predicted molar refractivity (Wildman–Crippen MR) is 114 cm³/mol. The second-order valence-electron chi connectivity index (χ2n) is 7.27. The van der Waals surface area contributed by atoms with Gasteiger partial charge in [-0.05, 0) is 58.4 Å². The fraction of sp³-hybridized carbons (Fsp3) is 0.722. The van der Waals surface area contributed by atoms with Gasteiger partial charge in [-0.25, -0.2) is 0 Å². The summed E-state index contributed by atoms with van der Waals surface area (Å²) in [5.74, 6) is 1.05. The molecule has 0 spiro atoms. The number of nitrogens with zero attached hydrogens (tertiary/aromatic N) is 5. The van der Waals surface area contributed by atoms with Gasteiger partial charge in [-0.15, -0.1) is 40.1 Å². The van der Waals surface area contributed by atoms with Gasteiger partial charge < -0.3 is 15.7 Å². The lowest BCUT2D eigenvalue weighted by Gasteiger charge is -2.33. The third-order valence-electron chi connectivity index (χ3n) is 5.62. The predicted octanol–water partition coefficient (Wildman–Crippen LogP) is 2.70. The molecule has 0 aromatic carbocycles. The first-order chi connectivity index (χ1) is 11.8. The van der Waals surface area contributed by atoms with Gasteiger partial charge in [-0.3, -0.25) is 0 Å². The lowest BCUT2D eigenvalue weighted by atomic mass is 9.93. The molecule has 2 aromatic rings. The maximum absolute atomic E-state index is 4.71. The van der Waals surface area contributed by atoms with Gasteiger partial charge in [0.1, 0.15) is 6.33 Å². The highest BCUT2D eigenvalue weighted by molar-refractivity contribution is 5.85. The summed E-state index contributed by atoms with van der Waals surface area (Å²) in [6, 6.07) is 0.748. The van der Waals surface area contributed by atoms with Gasteiger partial charge in [0.2, 0.25) is 0 Å². The summed E-state index contributed by atoms with van der Waals surface area (Å²) in [7, 11) is 0. The monoisotopic (exact) mass is 418 g/mol. The Balaban J connectivity index is 0.00000121. The fourth-order valence-corrected chi connectivity index (χ4v) is 4.20. The zero-order valence-electron chi connectivity index (χ0n) is 16.0. The number of hydrogen-bond donors (Lipinski definition) is 1. The molecule has 1 aliphatic heterocycles. The molecule has 154 valence electrons. The van der Waals surface area contributed by atoms with Crippen LogP contribution >= 0.6 is 24.8 Å². The number of hydrogen-bond acceptors (Lipinski definition) is 5. The van der Waals surface area contributed by atoms with Crippen LogP contribution in [0, 0.1) is 0 Å². The van der Waals surface area contributed by atoms with Crippen LogP contribution in [0.4, 0.5) is 5.82 Å². The Hall–Kier alpha value is -1.15. The van der Waals surface area contributed by atoms with E-state index in [2.05, 4.69) is 27.3 Å². The minimum Gasteiger partial charge on any atom is -0.412 e. The van der Waals surface area contributed by atoms with Crippen molar-refractivity contribution in [2.75, 3.05) is 25.0 Å². The first-order valence-electron chi connectivity index (χ1n) is 9.52. The second kappa shape index (κ2) is 11.0. The smallest absolute Gasteiger partial charge is 0.181 e. The van der Waals surface area contributed by atoms with Crippen LogP contribution in [0.2, 0.25) is 0 Å². The summed E-state index contributed by atoms with van der Waals surface area (Å²) in [6.45, 7) is 5.80. The number of fused-ring (bicyclic) bond motifs is 3. The van der Waals surface area contributed by atoms with Crippen molar-refractivity contribution in [3.8, 4) is 0 Å². The van der Waals surface area contributed by atoms with E-state index in [4.69, 9.17) is 5.10 Å². The zero-order valence-corrected chi connectivity index (χ0v) is 17.6. The van der Waals surface area contributed by atoms with Crippen LogP contribution in [0.3, 0.4) is 0 Å².